The van der Waals surface area contributed by atoms with Gasteiger partial charge in [-0.15, -0.1) is 0 Å². The van der Waals surface area contributed by atoms with Crippen LogP contribution >= 0.6 is 11.6 Å². The molecule has 1 N–H and O–H groups in total. The third kappa shape index (κ3) is 6.40. The van der Waals surface area contributed by atoms with E-state index in [-0.39, 0.29) is 5.41 Å². The van der Waals surface area contributed by atoms with Crippen LogP contribution in [-0.2, 0) is 12.0 Å². The fourth-order valence-electron chi connectivity index (χ4n) is 6.34. The Hall–Kier alpha value is -3.22. The Morgan fingerprint density at radius 2 is 1.64 bits per heavy atom. The fraction of sp³-hybridized carbons (Fsp3) is 0.485. The highest BCUT2D eigenvalue weighted by Gasteiger charge is 2.32. The Kier molecular flexibility index (Phi) is 8.64. The molecular weight excluding hydrogens is 546 g/mol. The summed E-state index contributed by atoms with van der Waals surface area (Å²) in [7, 11) is 0. The molecule has 1 aromatic heterocycles. The highest BCUT2D eigenvalue weighted by Crippen LogP contribution is 2.36. The number of nitrogens with zero attached hydrogens (tertiary/aromatic N) is 6. The van der Waals surface area contributed by atoms with Crippen LogP contribution in [0.15, 0.2) is 54.7 Å². The number of hydrogen-bond acceptors (Lipinski definition) is 7. The maximum Gasteiger partial charge on any atom is 0.225 e. The van der Waals surface area contributed by atoms with E-state index in [0.717, 1.165) is 73.8 Å². The normalized spacial score (nSPS) is 19.3. The van der Waals surface area contributed by atoms with Gasteiger partial charge in [-0.05, 0) is 54.3 Å². The minimum Gasteiger partial charge on any atom is -0.487 e. The first-order chi connectivity index (χ1) is 20.4. The molecule has 42 heavy (non-hydrogen) atoms. The Bertz CT molecular complexity index is 1400. The fourth-order valence-corrected chi connectivity index (χ4v) is 6.57. The lowest BCUT2D eigenvalue weighted by Crippen LogP contribution is -2.60. The van der Waals surface area contributed by atoms with Crippen molar-refractivity contribution in [3.63, 3.8) is 0 Å². The van der Waals surface area contributed by atoms with Gasteiger partial charge in [0.25, 0.3) is 0 Å². The van der Waals surface area contributed by atoms with Gasteiger partial charge >= 0.3 is 0 Å². The first kappa shape index (κ1) is 28.9. The molecule has 3 aliphatic rings. The zero-order valence-corrected chi connectivity index (χ0v) is 25.4. The second kappa shape index (κ2) is 12.6. The second-order valence-corrected chi connectivity index (χ2v) is 12.6. The molecule has 3 fully saturated rings. The van der Waals surface area contributed by atoms with Crippen LogP contribution in [0.25, 0.3) is 4.85 Å². The van der Waals surface area contributed by atoms with E-state index in [9.17, 15) is 0 Å². The van der Waals surface area contributed by atoms with Gasteiger partial charge in [-0.25, -0.2) is 14.8 Å². The summed E-state index contributed by atoms with van der Waals surface area (Å²) in [5.74, 6) is 1.58. The minimum atomic E-state index is -0.306. The number of nitrogens with one attached hydrogen (secondary N) is 1. The molecule has 0 saturated carbocycles. The van der Waals surface area contributed by atoms with Crippen LogP contribution < -0.4 is 15.0 Å². The van der Waals surface area contributed by atoms with Crippen molar-refractivity contribution in [3.8, 4) is 5.75 Å². The zero-order chi connectivity index (χ0) is 29.1. The summed E-state index contributed by atoms with van der Waals surface area (Å²) < 4.78 is 6.11. The van der Waals surface area contributed by atoms with Crippen LogP contribution in [0.1, 0.15) is 43.5 Å². The van der Waals surface area contributed by atoms with E-state index in [0.29, 0.717) is 23.4 Å². The molecule has 6 rings (SSSR count). The Labute approximate surface area is 254 Å². The molecule has 2 aromatic carbocycles. The lowest BCUT2D eigenvalue weighted by molar-refractivity contribution is 0.0629. The predicted molar refractivity (Wildman–Crippen MR) is 168 cm³/mol. The van der Waals surface area contributed by atoms with Crippen molar-refractivity contribution in [3.05, 3.63) is 88.0 Å². The van der Waals surface area contributed by atoms with Crippen molar-refractivity contribution in [2.75, 3.05) is 57.3 Å². The molecule has 0 atom stereocenters. The van der Waals surface area contributed by atoms with Crippen LogP contribution in [-0.4, -0.2) is 84.2 Å². The van der Waals surface area contributed by atoms with Crippen LogP contribution in [0.3, 0.4) is 0 Å². The topological polar surface area (TPSA) is 61.1 Å². The third-order valence-corrected chi connectivity index (χ3v) is 9.50. The van der Waals surface area contributed by atoms with Gasteiger partial charge in [0.2, 0.25) is 5.95 Å². The Morgan fingerprint density at radius 1 is 0.929 bits per heavy atom. The summed E-state index contributed by atoms with van der Waals surface area (Å²) in [5, 5.41) is 3.98. The number of piperidine rings is 1. The molecule has 3 aliphatic heterocycles. The standard InChI is InChI=1S/C33H40ClN7O/c1-33(2,25-18-26(34)20-28(19-25)35-3)24-4-6-31(7-5-24)42-23-27-8-11-37-32(38-27)41-16-14-40(15-17-41)29-9-12-39(13-10-29)30-21-36-22-30/h4-8,11,18-20,29-30,36H,9-10,12-17,21-23H2,1-2H3. The molecule has 3 saturated heterocycles. The number of rotatable bonds is 8. The molecule has 0 unspecified atom stereocenters. The van der Waals surface area contributed by atoms with Gasteiger partial charge in [0.05, 0.1) is 12.3 Å². The highest BCUT2D eigenvalue weighted by atomic mass is 35.5. The Balaban J connectivity index is 1.01. The summed E-state index contributed by atoms with van der Waals surface area (Å²) in [6.45, 7) is 20.9. The number of likely N-dealkylation sites (tertiary alicyclic amines) is 1. The number of anilines is 1. The SMILES string of the molecule is [C-]#[N+]c1cc(Cl)cc(C(C)(C)c2ccc(OCc3ccnc(N4CCN(C5CCN(C6CNC6)CC5)CC4)n3)cc2)c1. The van der Waals surface area contributed by atoms with E-state index >= 15 is 0 Å². The molecule has 0 aliphatic carbocycles. The molecule has 3 aromatic rings. The number of halogens is 1. The highest BCUT2D eigenvalue weighted by molar-refractivity contribution is 6.31. The number of benzene rings is 2. The predicted octanol–water partition coefficient (Wildman–Crippen LogP) is 5.14. The molecule has 0 amide bonds. The van der Waals surface area contributed by atoms with E-state index in [2.05, 4.69) is 55.8 Å². The summed E-state index contributed by atoms with van der Waals surface area (Å²) in [6.07, 6.45) is 4.40. The number of ether oxygens (including phenoxy) is 1. The van der Waals surface area contributed by atoms with Crippen LogP contribution in [0.4, 0.5) is 11.6 Å². The largest absolute Gasteiger partial charge is 0.487 e. The van der Waals surface area contributed by atoms with E-state index in [1.54, 1.807) is 6.07 Å². The summed E-state index contributed by atoms with van der Waals surface area (Å²) in [6, 6.07) is 17.1. The van der Waals surface area contributed by atoms with E-state index in [1.807, 2.05) is 36.5 Å². The maximum atomic E-state index is 7.37. The minimum absolute atomic E-state index is 0.306. The van der Waals surface area contributed by atoms with Gasteiger partial charge in [0.1, 0.15) is 12.4 Å². The molecular formula is C33H40ClN7O. The van der Waals surface area contributed by atoms with E-state index in [1.165, 1.54) is 25.9 Å². The first-order valence-corrected chi connectivity index (χ1v) is 15.4. The quantitative estimate of drug-likeness (QED) is 0.367. The lowest BCUT2D eigenvalue weighted by Gasteiger charge is -2.46. The van der Waals surface area contributed by atoms with E-state index < -0.39 is 0 Å². The molecule has 4 heterocycles. The molecule has 0 spiro atoms. The van der Waals surface area contributed by atoms with Crippen molar-refractivity contribution in [1.82, 2.24) is 25.1 Å². The van der Waals surface area contributed by atoms with Gasteiger partial charge in [-0.3, -0.25) is 9.80 Å². The third-order valence-electron chi connectivity index (χ3n) is 9.29. The number of hydrogen-bond donors (Lipinski definition) is 1. The number of piperazine rings is 1. The lowest BCUT2D eigenvalue weighted by atomic mass is 9.78. The van der Waals surface area contributed by atoms with E-state index in [4.69, 9.17) is 27.9 Å². The summed E-state index contributed by atoms with van der Waals surface area (Å²) in [5.41, 5.74) is 3.25. The van der Waals surface area contributed by atoms with Gasteiger partial charge < -0.3 is 15.0 Å². The summed E-state index contributed by atoms with van der Waals surface area (Å²) >= 11 is 6.28. The number of aromatic nitrogens is 2. The molecule has 0 bridgehead atoms. The monoisotopic (exact) mass is 585 g/mol. The molecule has 0 radical (unpaired) electrons. The van der Waals surface area contributed by atoms with Crippen LogP contribution in [0.2, 0.25) is 5.02 Å². The molecule has 220 valence electrons. The zero-order valence-electron chi connectivity index (χ0n) is 24.6. The first-order valence-electron chi connectivity index (χ1n) is 15.1. The van der Waals surface area contributed by atoms with Crippen molar-refractivity contribution in [2.24, 2.45) is 0 Å². The van der Waals surface area contributed by atoms with Crippen molar-refractivity contribution in [1.29, 1.82) is 0 Å². The molecule has 8 nitrogen and oxygen atoms in total. The smallest absolute Gasteiger partial charge is 0.225 e. The van der Waals surface area contributed by atoms with Crippen molar-refractivity contribution >= 4 is 23.2 Å². The molecule has 9 heteroatoms. The van der Waals surface area contributed by atoms with Gasteiger partial charge in [-0.1, -0.05) is 43.6 Å². The average Bonchev–Trinajstić information content (AvgIpc) is 3.00. The second-order valence-electron chi connectivity index (χ2n) is 12.2. The van der Waals surface area contributed by atoms with Crippen molar-refractivity contribution in [2.45, 2.75) is 50.8 Å². The van der Waals surface area contributed by atoms with Gasteiger partial charge in [0.15, 0.2) is 5.69 Å². The Morgan fingerprint density at radius 3 is 2.31 bits per heavy atom. The van der Waals surface area contributed by atoms with Crippen LogP contribution in [0.5, 0.6) is 5.75 Å². The van der Waals surface area contributed by atoms with Crippen LogP contribution in [0, 0.1) is 6.57 Å². The summed E-state index contributed by atoms with van der Waals surface area (Å²) in [4.78, 5) is 20.7. The van der Waals surface area contributed by atoms with Gasteiger partial charge in [-0.2, -0.15) is 0 Å². The van der Waals surface area contributed by atoms with Crippen molar-refractivity contribution < 1.29 is 4.74 Å². The average molecular weight is 586 g/mol. The maximum absolute atomic E-state index is 7.37. The van der Waals surface area contributed by atoms with Gasteiger partial charge in [0, 0.05) is 81.1 Å².